The van der Waals surface area contributed by atoms with Crippen molar-refractivity contribution in [2.24, 2.45) is 23.7 Å². The monoisotopic (exact) mass is 281 g/mol. The number of hydrogen-bond donors (Lipinski definition) is 2. The molecule has 0 aromatic carbocycles. The van der Waals surface area contributed by atoms with Gasteiger partial charge in [0.1, 0.15) is 0 Å². The summed E-state index contributed by atoms with van der Waals surface area (Å²) in [6.07, 6.45) is 6.85. The smallest absolute Gasteiger partial charge is 0.307 e. The normalized spacial score (nSPS) is 37.5. The number of carbonyl (C=O) groups excluding carboxylic acids is 1. The van der Waals surface area contributed by atoms with Crippen molar-refractivity contribution in [3.8, 4) is 0 Å². The van der Waals surface area contributed by atoms with Gasteiger partial charge in [0.15, 0.2) is 0 Å². The Labute approximate surface area is 117 Å². The Bertz CT molecular complexity index is 417. The summed E-state index contributed by atoms with van der Waals surface area (Å²) >= 11 is 1.92. The fourth-order valence-electron chi connectivity index (χ4n) is 3.66. The predicted molar refractivity (Wildman–Crippen MR) is 73.8 cm³/mol. The van der Waals surface area contributed by atoms with Gasteiger partial charge in [-0.3, -0.25) is 9.59 Å². The molecule has 5 heteroatoms. The number of hydrogen-bond acceptors (Lipinski definition) is 3. The van der Waals surface area contributed by atoms with E-state index in [2.05, 4.69) is 5.32 Å². The molecule has 4 nitrogen and oxygen atoms in total. The molecule has 1 heterocycles. The van der Waals surface area contributed by atoms with Crippen molar-refractivity contribution in [1.82, 2.24) is 5.32 Å². The maximum atomic E-state index is 12.4. The van der Waals surface area contributed by atoms with E-state index >= 15 is 0 Å². The van der Waals surface area contributed by atoms with E-state index in [1.165, 1.54) is 0 Å². The topological polar surface area (TPSA) is 66.4 Å². The lowest BCUT2D eigenvalue weighted by molar-refractivity contribution is -0.148. The molecule has 2 bridgehead atoms. The first-order valence-corrected chi connectivity index (χ1v) is 8.11. The lowest BCUT2D eigenvalue weighted by atomic mass is 9.82. The number of fused-ring (bicyclic) bond motifs is 2. The van der Waals surface area contributed by atoms with Crippen molar-refractivity contribution < 1.29 is 14.7 Å². The number of aliphatic carboxylic acids is 1. The second-order valence-electron chi connectivity index (χ2n) is 5.73. The number of amides is 1. The molecule has 1 aliphatic heterocycles. The van der Waals surface area contributed by atoms with Gasteiger partial charge in [-0.1, -0.05) is 12.2 Å². The highest BCUT2D eigenvalue weighted by atomic mass is 32.2. The number of nitrogens with one attached hydrogen (secondary N) is 1. The fraction of sp³-hybridized carbons (Fsp3) is 0.714. The zero-order chi connectivity index (χ0) is 13.4. The minimum atomic E-state index is -0.823. The number of rotatable bonds is 3. The number of carbonyl (C=O) groups is 2. The van der Waals surface area contributed by atoms with E-state index in [9.17, 15) is 14.7 Å². The maximum absolute atomic E-state index is 12.4. The molecule has 2 aliphatic carbocycles. The van der Waals surface area contributed by atoms with Crippen LogP contribution in [0.4, 0.5) is 0 Å². The van der Waals surface area contributed by atoms with E-state index in [1.54, 1.807) is 0 Å². The standard InChI is InChI=1S/C14H19NO3S/c16-13(15-10-3-5-19-6-4-10)11-8-1-2-9(7-8)12(11)14(17)18/h1-2,8-12H,3-7H2,(H,15,16)(H,17,18). The van der Waals surface area contributed by atoms with E-state index < -0.39 is 11.9 Å². The first-order valence-electron chi connectivity index (χ1n) is 6.96. The van der Waals surface area contributed by atoms with Crippen LogP contribution in [0.15, 0.2) is 12.2 Å². The van der Waals surface area contributed by atoms with Crippen molar-refractivity contribution >= 4 is 23.6 Å². The molecule has 3 rings (SSSR count). The van der Waals surface area contributed by atoms with E-state index in [-0.39, 0.29) is 29.7 Å². The molecular formula is C14H19NO3S. The van der Waals surface area contributed by atoms with E-state index in [1.807, 2.05) is 23.9 Å². The number of carboxylic acids is 1. The van der Waals surface area contributed by atoms with Gasteiger partial charge in [-0.2, -0.15) is 11.8 Å². The van der Waals surface area contributed by atoms with Crippen LogP contribution < -0.4 is 5.32 Å². The first-order chi connectivity index (χ1) is 9.16. The quantitative estimate of drug-likeness (QED) is 0.770. The molecule has 2 N–H and O–H groups in total. The molecule has 1 amide bonds. The Morgan fingerprint density at radius 2 is 1.74 bits per heavy atom. The van der Waals surface area contributed by atoms with Crippen LogP contribution in [0.1, 0.15) is 19.3 Å². The van der Waals surface area contributed by atoms with E-state index in [4.69, 9.17) is 0 Å². The van der Waals surface area contributed by atoms with Crippen LogP contribution >= 0.6 is 11.8 Å². The van der Waals surface area contributed by atoms with E-state index in [0.29, 0.717) is 0 Å². The third kappa shape index (κ3) is 2.40. The molecule has 19 heavy (non-hydrogen) atoms. The van der Waals surface area contributed by atoms with Gasteiger partial charge in [0.05, 0.1) is 11.8 Å². The molecule has 1 saturated heterocycles. The van der Waals surface area contributed by atoms with Gasteiger partial charge < -0.3 is 10.4 Å². The van der Waals surface area contributed by atoms with Crippen molar-refractivity contribution in [3.05, 3.63) is 12.2 Å². The SMILES string of the molecule is O=C(O)C1C2C=CC(C2)C1C(=O)NC1CCSCC1. The second kappa shape index (κ2) is 5.19. The number of thioether (sulfide) groups is 1. The fourth-order valence-corrected chi connectivity index (χ4v) is 4.76. The highest BCUT2D eigenvalue weighted by molar-refractivity contribution is 7.99. The summed E-state index contributed by atoms with van der Waals surface area (Å²) in [5, 5.41) is 12.4. The highest BCUT2D eigenvalue weighted by Gasteiger charge is 2.51. The van der Waals surface area contributed by atoms with Crippen molar-refractivity contribution in [2.45, 2.75) is 25.3 Å². The minimum absolute atomic E-state index is 0.0406. The van der Waals surface area contributed by atoms with Crippen LogP contribution in [-0.2, 0) is 9.59 Å². The summed E-state index contributed by atoms with van der Waals surface area (Å²) in [7, 11) is 0. The number of allylic oxidation sites excluding steroid dienone is 2. The van der Waals surface area contributed by atoms with Crippen molar-refractivity contribution in [2.75, 3.05) is 11.5 Å². The lowest BCUT2D eigenvalue weighted by Crippen LogP contribution is -2.45. The summed E-state index contributed by atoms with van der Waals surface area (Å²) in [6.45, 7) is 0. The van der Waals surface area contributed by atoms with Crippen LogP contribution in [0.25, 0.3) is 0 Å². The van der Waals surface area contributed by atoms with Crippen molar-refractivity contribution in [1.29, 1.82) is 0 Å². The van der Waals surface area contributed by atoms with Gasteiger partial charge in [0.25, 0.3) is 0 Å². The molecule has 0 spiro atoms. The summed E-state index contributed by atoms with van der Waals surface area (Å²) < 4.78 is 0. The van der Waals surface area contributed by atoms with Crippen molar-refractivity contribution in [3.63, 3.8) is 0 Å². The largest absolute Gasteiger partial charge is 0.481 e. The van der Waals surface area contributed by atoms with Crippen LogP contribution in [0, 0.1) is 23.7 Å². The van der Waals surface area contributed by atoms with Gasteiger partial charge >= 0.3 is 5.97 Å². The maximum Gasteiger partial charge on any atom is 0.307 e. The van der Waals surface area contributed by atoms with Crippen LogP contribution in [0.2, 0.25) is 0 Å². The molecule has 0 radical (unpaired) electrons. The third-order valence-electron chi connectivity index (χ3n) is 4.61. The zero-order valence-electron chi connectivity index (χ0n) is 10.7. The molecule has 4 atom stereocenters. The molecule has 1 saturated carbocycles. The Kier molecular flexibility index (Phi) is 3.56. The molecule has 2 fully saturated rings. The highest BCUT2D eigenvalue weighted by Crippen LogP contribution is 2.48. The van der Waals surface area contributed by atoms with Gasteiger partial charge in [-0.25, -0.2) is 0 Å². The molecule has 4 unspecified atom stereocenters. The van der Waals surface area contributed by atoms with Gasteiger partial charge in [0.2, 0.25) is 5.91 Å². The molecule has 0 aromatic rings. The zero-order valence-corrected chi connectivity index (χ0v) is 11.6. The lowest BCUT2D eigenvalue weighted by Gasteiger charge is -2.28. The van der Waals surface area contributed by atoms with E-state index in [0.717, 1.165) is 30.8 Å². The average molecular weight is 281 g/mol. The van der Waals surface area contributed by atoms with Crippen LogP contribution in [0.3, 0.4) is 0 Å². The average Bonchev–Trinajstić information content (AvgIpc) is 2.99. The predicted octanol–water partition coefficient (Wildman–Crippen LogP) is 1.52. The molecule has 104 valence electrons. The van der Waals surface area contributed by atoms with Gasteiger partial charge in [-0.15, -0.1) is 0 Å². The summed E-state index contributed by atoms with van der Waals surface area (Å²) in [6, 6.07) is 0.242. The Morgan fingerprint density at radius 1 is 1.11 bits per heavy atom. The summed E-state index contributed by atoms with van der Waals surface area (Å²) in [4.78, 5) is 23.8. The Morgan fingerprint density at radius 3 is 2.37 bits per heavy atom. The van der Waals surface area contributed by atoms with Crippen LogP contribution in [0.5, 0.6) is 0 Å². The molecule has 3 aliphatic rings. The van der Waals surface area contributed by atoms with Gasteiger partial charge in [-0.05, 0) is 42.6 Å². The van der Waals surface area contributed by atoms with Gasteiger partial charge in [0, 0.05) is 6.04 Å². The second-order valence-corrected chi connectivity index (χ2v) is 6.96. The first kappa shape index (κ1) is 13.0. The third-order valence-corrected chi connectivity index (χ3v) is 5.66. The Hall–Kier alpha value is -0.970. The van der Waals surface area contributed by atoms with Crippen LogP contribution in [-0.4, -0.2) is 34.5 Å². The Balaban J connectivity index is 1.68. The molecular weight excluding hydrogens is 262 g/mol. The number of carboxylic acid groups (broad SMARTS) is 1. The summed E-state index contributed by atoms with van der Waals surface area (Å²) in [5.74, 6) is 0.616. The molecule has 0 aromatic heterocycles. The summed E-state index contributed by atoms with van der Waals surface area (Å²) in [5.41, 5.74) is 0. The minimum Gasteiger partial charge on any atom is -0.481 e.